The number of aromatic nitrogens is 1. The van der Waals surface area contributed by atoms with Crippen LogP contribution in [0.25, 0.3) is 10.8 Å². The Morgan fingerprint density at radius 2 is 1.94 bits per heavy atom. The summed E-state index contributed by atoms with van der Waals surface area (Å²) in [7, 11) is -4.39. The molecule has 7 rings (SSSR count). The number of nitrogens with one attached hydrogen (secondary N) is 3. The summed E-state index contributed by atoms with van der Waals surface area (Å²) >= 11 is 0. The lowest BCUT2D eigenvalue weighted by Gasteiger charge is -2.33. The number of sulfonamides is 1. The van der Waals surface area contributed by atoms with E-state index in [4.69, 9.17) is 14.5 Å². The van der Waals surface area contributed by atoms with Gasteiger partial charge in [-0.05, 0) is 74.7 Å². The molecule has 1 saturated heterocycles. The maximum absolute atomic E-state index is 14.6. The zero-order valence-corrected chi connectivity index (χ0v) is 31.3. The molecule has 1 aromatic heterocycles. The summed E-state index contributed by atoms with van der Waals surface area (Å²) in [6.07, 6.45) is 5.76. The van der Waals surface area contributed by atoms with Gasteiger partial charge in [-0.2, -0.15) is 4.98 Å². The van der Waals surface area contributed by atoms with Gasteiger partial charge >= 0.3 is 6.09 Å². The number of aryl methyl sites for hydroxylation is 1. The van der Waals surface area contributed by atoms with Crippen LogP contribution in [-0.4, -0.2) is 95.5 Å². The minimum Gasteiger partial charge on any atom is -0.477 e. The minimum atomic E-state index is -4.39. The average molecular weight is 770 g/mol. The van der Waals surface area contributed by atoms with Gasteiger partial charge in [-0.15, -0.1) is 0 Å². The van der Waals surface area contributed by atoms with Gasteiger partial charge in [-0.3, -0.25) is 19.1 Å². The third kappa shape index (κ3) is 7.08. The van der Waals surface area contributed by atoms with Crippen molar-refractivity contribution in [3.63, 3.8) is 0 Å². The first-order valence-corrected chi connectivity index (χ1v) is 20.4. The number of carbonyl (C=O) groups excluding carboxylic acids is 3. The number of pyridine rings is 1. The summed E-state index contributed by atoms with van der Waals surface area (Å²) in [5.41, 5.74) is -0.692. The number of hydrogen-bond acceptors (Lipinski definition) is 9. The molecule has 5 aliphatic rings. The molecule has 16 heteroatoms. The first-order chi connectivity index (χ1) is 25.8. The maximum Gasteiger partial charge on any atom is 0.405 e. The van der Waals surface area contributed by atoms with E-state index >= 15 is 0 Å². The summed E-state index contributed by atoms with van der Waals surface area (Å²) in [5, 5.41) is 16.8. The molecule has 7 atom stereocenters. The standard InChI is InChI=1S/C38H48FN5O9S/c1-3-23-17-22(2)9-4-5-10-24-19-38(24,35(47)43-54(50,51)37(21-39)14-15-37)42-31(45)29-18-25(20-44(29)34(46)30(23)40-36(48)49)53-33-28-12-7-6-11-26(28)27-13-8-16-52-32(27)41-33/h5-7,10-12,22-25,29-30,40H,3-4,8-9,13-21H2,1-2H3,(H,42,45)(H,43,47)(H,48,49)/t22-,23-,24-,25-,29+,30+,38-/m1/s1. The van der Waals surface area contributed by atoms with Crippen molar-refractivity contribution in [3.8, 4) is 11.8 Å². The summed E-state index contributed by atoms with van der Waals surface area (Å²) < 4.78 is 52.9. The molecule has 2 saturated carbocycles. The van der Waals surface area contributed by atoms with Crippen molar-refractivity contribution < 1.29 is 46.6 Å². The average Bonchev–Trinajstić information content (AvgIpc) is 4.06. The van der Waals surface area contributed by atoms with Crippen LogP contribution >= 0.6 is 0 Å². The van der Waals surface area contributed by atoms with Gasteiger partial charge in [0.2, 0.25) is 33.6 Å². The van der Waals surface area contributed by atoms with Gasteiger partial charge in [0.15, 0.2) is 0 Å². The highest BCUT2D eigenvalue weighted by molar-refractivity contribution is 7.91. The Bertz CT molecular complexity index is 1970. The summed E-state index contributed by atoms with van der Waals surface area (Å²) in [6.45, 7) is 3.19. The second-order valence-electron chi connectivity index (χ2n) is 15.6. The van der Waals surface area contributed by atoms with Crippen molar-refractivity contribution in [2.45, 2.75) is 107 Å². The highest BCUT2D eigenvalue weighted by Gasteiger charge is 2.64. The normalized spacial score (nSPS) is 30.7. The number of fused-ring (bicyclic) bond motifs is 5. The van der Waals surface area contributed by atoms with Crippen LogP contribution in [0.5, 0.6) is 11.8 Å². The number of rotatable bonds is 8. The fourth-order valence-corrected chi connectivity index (χ4v) is 9.82. The fraction of sp³-hybridized carbons (Fsp3) is 0.605. The van der Waals surface area contributed by atoms with E-state index in [0.717, 1.165) is 29.2 Å². The van der Waals surface area contributed by atoms with E-state index in [1.54, 1.807) is 6.08 Å². The molecule has 0 spiro atoms. The number of allylic oxidation sites excluding steroid dienone is 1. The number of ether oxygens (including phenoxy) is 2. The molecule has 4 heterocycles. The van der Waals surface area contributed by atoms with Crippen molar-refractivity contribution in [3.05, 3.63) is 42.0 Å². The first-order valence-electron chi connectivity index (χ1n) is 18.9. The van der Waals surface area contributed by atoms with E-state index in [2.05, 4.69) is 15.4 Å². The molecule has 4 N–H and O–H groups in total. The molecule has 292 valence electrons. The second kappa shape index (κ2) is 14.6. The fourth-order valence-electron chi connectivity index (χ4n) is 8.40. The van der Waals surface area contributed by atoms with Gasteiger partial charge < -0.3 is 30.1 Å². The van der Waals surface area contributed by atoms with Crippen molar-refractivity contribution in [1.29, 1.82) is 0 Å². The molecule has 2 aliphatic carbocycles. The highest BCUT2D eigenvalue weighted by atomic mass is 32.2. The van der Waals surface area contributed by atoms with E-state index in [1.807, 2.05) is 44.2 Å². The zero-order valence-electron chi connectivity index (χ0n) is 30.5. The smallest absolute Gasteiger partial charge is 0.405 e. The second-order valence-corrected chi connectivity index (χ2v) is 17.7. The largest absolute Gasteiger partial charge is 0.477 e. The van der Waals surface area contributed by atoms with Crippen LogP contribution in [0.2, 0.25) is 0 Å². The third-order valence-electron chi connectivity index (χ3n) is 11.9. The summed E-state index contributed by atoms with van der Waals surface area (Å²) in [4.78, 5) is 61.0. The quantitative estimate of drug-likeness (QED) is 0.288. The molecule has 0 radical (unpaired) electrons. The highest BCUT2D eigenvalue weighted by Crippen LogP contribution is 2.48. The number of carbonyl (C=O) groups is 4. The number of nitrogens with zero attached hydrogens (tertiary/aromatic N) is 2. The number of halogens is 1. The SMILES string of the molecule is CC[C@@H]1C[C@H](C)CCC=C[C@@H]2C[C@@]2(C(=O)NS(=O)(=O)C2(CF)CC2)NC(=O)[C@@H]2C[C@@H](Oc3nc4c(c5ccccc35)CCCO4)CN2C(=O)[C@H]1NC(=O)O. The van der Waals surface area contributed by atoms with E-state index in [9.17, 15) is 37.1 Å². The molecule has 3 aliphatic heterocycles. The van der Waals surface area contributed by atoms with Gasteiger partial charge in [-0.1, -0.05) is 50.6 Å². The van der Waals surface area contributed by atoms with E-state index < -0.39 is 74.9 Å². The first kappa shape index (κ1) is 37.8. The van der Waals surface area contributed by atoms with Crippen molar-refractivity contribution >= 4 is 44.6 Å². The lowest BCUT2D eigenvalue weighted by molar-refractivity contribution is -0.142. The van der Waals surface area contributed by atoms with Gasteiger partial charge in [0.1, 0.15) is 35.1 Å². The molecular weight excluding hydrogens is 722 g/mol. The molecule has 54 heavy (non-hydrogen) atoms. The topological polar surface area (TPSA) is 193 Å². The maximum atomic E-state index is 14.6. The lowest BCUT2D eigenvalue weighted by atomic mass is 9.85. The van der Waals surface area contributed by atoms with Crippen LogP contribution in [0.4, 0.5) is 9.18 Å². The lowest BCUT2D eigenvalue weighted by Crippen LogP contribution is -2.59. The Labute approximate surface area is 313 Å². The molecule has 0 bridgehead atoms. The number of benzene rings is 1. The van der Waals surface area contributed by atoms with Crippen LogP contribution in [0.3, 0.4) is 0 Å². The number of hydrogen-bond donors (Lipinski definition) is 4. The Morgan fingerprint density at radius 1 is 1.19 bits per heavy atom. The van der Waals surface area contributed by atoms with E-state index in [-0.39, 0.29) is 49.9 Å². The van der Waals surface area contributed by atoms with Crippen molar-refractivity contribution in [2.75, 3.05) is 19.8 Å². The molecular formula is C38H48FN5O9S. The van der Waals surface area contributed by atoms with E-state index in [1.165, 1.54) is 4.90 Å². The molecule has 3 fully saturated rings. The Hall–Kier alpha value is -4.47. The predicted octanol–water partition coefficient (Wildman–Crippen LogP) is 3.77. The Balaban J connectivity index is 1.24. The zero-order chi connectivity index (χ0) is 38.4. The van der Waals surface area contributed by atoms with Crippen LogP contribution in [-0.2, 0) is 30.8 Å². The molecule has 14 nitrogen and oxygen atoms in total. The van der Waals surface area contributed by atoms with Crippen LogP contribution in [0, 0.1) is 17.8 Å². The van der Waals surface area contributed by atoms with Gasteiger partial charge in [0.05, 0.1) is 13.2 Å². The van der Waals surface area contributed by atoms with Gasteiger partial charge in [-0.25, -0.2) is 17.6 Å². The number of carboxylic acid groups (broad SMARTS) is 1. The number of amides is 4. The summed E-state index contributed by atoms with van der Waals surface area (Å²) in [6, 6.07) is 5.23. The summed E-state index contributed by atoms with van der Waals surface area (Å²) in [5.74, 6) is -2.40. The van der Waals surface area contributed by atoms with Crippen LogP contribution in [0.15, 0.2) is 36.4 Å². The Kier molecular flexibility index (Phi) is 10.3. The molecule has 2 aromatic rings. The third-order valence-corrected chi connectivity index (χ3v) is 14.0. The number of alkyl halides is 1. The van der Waals surface area contributed by atoms with Gasteiger partial charge in [0, 0.05) is 23.3 Å². The van der Waals surface area contributed by atoms with Crippen molar-refractivity contribution in [2.24, 2.45) is 17.8 Å². The van der Waals surface area contributed by atoms with Crippen molar-refractivity contribution in [1.82, 2.24) is 25.2 Å². The monoisotopic (exact) mass is 769 g/mol. The van der Waals surface area contributed by atoms with Crippen LogP contribution in [0.1, 0.15) is 77.2 Å². The predicted molar refractivity (Wildman–Crippen MR) is 195 cm³/mol. The minimum absolute atomic E-state index is 0.0278. The molecule has 4 amide bonds. The van der Waals surface area contributed by atoms with E-state index in [0.29, 0.717) is 38.2 Å². The molecule has 1 aromatic carbocycles. The van der Waals surface area contributed by atoms with Crippen LogP contribution < -0.4 is 24.8 Å². The Morgan fingerprint density at radius 3 is 2.65 bits per heavy atom. The van der Waals surface area contributed by atoms with Gasteiger partial charge in [0.25, 0.3) is 5.91 Å². The molecule has 0 unspecified atom stereocenters.